The Morgan fingerprint density at radius 3 is 2.44 bits per heavy atom. The van der Waals surface area contributed by atoms with Crippen molar-refractivity contribution in [2.75, 3.05) is 11.9 Å². The van der Waals surface area contributed by atoms with E-state index < -0.39 is 17.7 Å². The Hall–Kier alpha value is -2.01. The molecule has 3 nitrogen and oxygen atoms in total. The number of nitrogens with zero attached hydrogens (tertiary/aromatic N) is 1. The first-order valence-corrected chi connectivity index (χ1v) is 5.45. The summed E-state index contributed by atoms with van der Waals surface area (Å²) in [6.07, 6.45) is 0.312. The van der Waals surface area contributed by atoms with Gasteiger partial charge in [-0.3, -0.25) is 0 Å². The summed E-state index contributed by atoms with van der Waals surface area (Å²) in [7, 11) is 0. The topological polar surface area (TPSA) is 45.1 Å². The summed E-state index contributed by atoms with van der Waals surface area (Å²) in [5.74, 6) is -0.982. The van der Waals surface area contributed by atoms with Crippen molar-refractivity contribution in [2.45, 2.75) is 6.10 Å². The van der Waals surface area contributed by atoms with Crippen LogP contribution in [0.1, 0.15) is 11.7 Å². The van der Waals surface area contributed by atoms with Crippen molar-refractivity contribution in [3.05, 3.63) is 59.8 Å². The molecular weight excluding hydrogens is 238 g/mol. The maximum absolute atomic E-state index is 13.4. The van der Waals surface area contributed by atoms with Crippen LogP contribution in [0.25, 0.3) is 0 Å². The zero-order valence-electron chi connectivity index (χ0n) is 9.48. The fourth-order valence-corrected chi connectivity index (χ4v) is 1.60. The van der Waals surface area contributed by atoms with Gasteiger partial charge in [-0.1, -0.05) is 12.1 Å². The summed E-state index contributed by atoms with van der Waals surface area (Å²) in [5.41, 5.74) is -0.332. The van der Waals surface area contributed by atoms with Gasteiger partial charge in [-0.05, 0) is 24.3 Å². The minimum absolute atomic E-state index is 0.0190. The van der Waals surface area contributed by atoms with Gasteiger partial charge >= 0.3 is 0 Å². The van der Waals surface area contributed by atoms with Crippen LogP contribution in [-0.4, -0.2) is 16.6 Å². The van der Waals surface area contributed by atoms with Crippen molar-refractivity contribution in [1.29, 1.82) is 0 Å². The summed E-state index contributed by atoms with van der Waals surface area (Å²) in [6.45, 7) is -0.0190. The van der Waals surface area contributed by atoms with E-state index in [1.54, 1.807) is 24.4 Å². The van der Waals surface area contributed by atoms with Gasteiger partial charge in [-0.2, -0.15) is 0 Å². The van der Waals surface area contributed by atoms with Crippen LogP contribution in [0.15, 0.2) is 42.6 Å². The van der Waals surface area contributed by atoms with Crippen molar-refractivity contribution in [1.82, 2.24) is 4.98 Å². The number of hydrogen-bond donors (Lipinski definition) is 2. The molecule has 0 bridgehead atoms. The van der Waals surface area contributed by atoms with Crippen LogP contribution in [0.3, 0.4) is 0 Å². The van der Waals surface area contributed by atoms with E-state index >= 15 is 0 Å². The van der Waals surface area contributed by atoms with Crippen LogP contribution in [-0.2, 0) is 0 Å². The SMILES string of the molecule is OC(CNc1ccccn1)c1c(F)cccc1F. The second kappa shape index (κ2) is 5.55. The molecule has 0 fully saturated rings. The highest BCUT2D eigenvalue weighted by Gasteiger charge is 2.17. The molecule has 2 aromatic rings. The number of nitrogens with one attached hydrogen (secondary N) is 1. The van der Waals surface area contributed by atoms with Gasteiger partial charge in [-0.25, -0.2) is 13.8 Å². The van der Waals surface area contributed by atoms with Crippen molar-refractivity contribution >= 4 is 5.82 Å². The molecule has 0 aliphatic carbocycles. The Morgan fingerprint density at radius 2 is 1.83 bits per heavy atom. The average Bonchev–Trinajstić information content (AvgIpc) is 2.37. The normalized spacial score (nSPS) is 12.2. The maximum Gasteiger partial charge on any atom is 0.132 e. The summed E-state index contributed by atoms with van der Waals surface area (Å²) in [6, 6.07) is 8.70. The average molecular weight is 250 g/mol. The number of halogens is 2. The molecule has 5 heteroatoms. The fourth-order valence-electron chi connectivity index (χ4n) is 1.60. The quantitative estimate of drug-likeness (QED) is 0.876. The van der Waals surface area contributed by atoms with E-state index in [0.29, 0.717) is 5.82 Å². The zero-order chi connectivity index (χ0) is 13.0. The molecule has 1 aromatic heterocycles. The minimum atomic E-state index is -1.27. The lowest BCUT2D eigenvalue weighted by atomic mass is 10.1. The van der Waals surface area contributed by atoms with Gasteiger partial charge in [0.05, 0.1) is 5.56 Å². The summed E-state index contributed by atoms with van der Waals surface area (Å²) >= 11 is 0. The summed E-state index contributed by atoms with van der Waals surface area (Å²) < 4.78 is 26.8. The first-order chi connectivity index (χ1) is 8.68. The molecule has 0 saturated carbocycles. The van der Waals surface area contributed by atoms with Crippen LogP contribution in [0.4, 0.5) is 14.6 Å². The van der Waals surface area contributed by atoms with Crippen molar-refractivity contribution < 1.29 is 13.9 Å². The molecule has 2 rings (SSSR count). The Balaban J connectivity index is 2.06. The van der Waals surface area contributed by atoms with Crippen LogP contribution >= 0.6 is 0 Å². The molecule has 0 spiro atoms. The molecule has 1 aromatic carbocycles. The van der Waals surface area contributed by atoms with E-state index in [1.165, 1.54) is 6.07 Å². The molecule has 2 N–H and O–H groups in total. The van der Waals surface area contributed by atoms with E-state index in [9.17, 15) is 13.9 Å². The summed E-state index contributed by atoms with van der Waals surface area (Å²) in [4.78, 5) is 3.98. The highest BCUT2D eigenvalue weighted by atomic mass is 19.1. The molecule has 0 aliphatic rings. The van der Waals surface area contributed by atoms with E-state index in [-0.39, 0.29) is 12.1 Å². The number of anilines is 1. The second-order valence-electron chi connectivity index (χ2n) is 3.75. The predicted octanol–water partition coefficient (Wildman–Crippen LogP) is 2.51. The lowest BCUT2D eigenvalue weighted by Gasteiger charge is -2.14. The minimum Gasteiger partial charge on any atom is -0.386 e. The first kappa shape index (κ1) is 12.4. The van der Waals surface area contributed by atoms with E-state index in [0.717, 1.165) is 12.1 Å². The van der Waals surface area contributed by atoms with Gasteiger partial charge in [0, 0.05) is 12.7 Å². The Kier molecular flexibility index (Phi) is 3.84. The van der Waals surface area contributed by atoms with Crippen LogP contribution in [0.5, 0.6) is 0 Å². The number of benzene rings is 1. The third-order valence-corrected chi connectivity index (χ3v) is 2.47. The van der Waals surface area contributed by atoms with Crippen LogP contribution < -0.4 is 5.32 Å². The summed E-state index contributed by atoms with van der Waals surface area (Å²) in [5, 5.41) is 12.6. The number of rotatable bonds is 4. The third-order valence-electron chi connectivity index (χ3n) is 2.47. The lowest BCUT2D eigenvalue weighted by molar-refractivity contribution is 0.181. The largest absolute Gasteiger partial charge is 0.386 e. The number of hydrogen-bond acceptors (Lipinski definition) is 3. The smallest absolute Gasteiger partial charge is 0.132 e. The monoisotopic (exact) mass is 250 g/mol. The molecule has 18 heavy (non-hydrogen) atoms. The van der Waals surface area contributed by atoms with Gasteiger partial charge in [0.25, 0.3) is 0 Å². The van der Waals surface area contributed by atoms with Crippen molar-refractivity contribution in [2.24, 2.45) is 0 Å². The van der Waals surface area contributed by atoms with Crippen molar-refractivity contribution in [3.8, 4) is 0 Å². The van der Waals surface area contributed by atoms with E-state index in [4.69, 9.17) is 0 Å². The van der Waals surface area contributed by atoms with Gasteiger partial charge in [-0.15, -0.1) is 0 Å². The fraction of sp³-hybridized carbons (Fsp3) is 0.154. The van der Waals surface area contributed by atoms with Crippen LogP contribution in [0.2, 0.25) is 0 Å². The third kappa shape index (κ3) is 2.81. The highest BCUT2D eigenvalue weighted by Crippen LogP contribution is 2.20. The van der Waals surface area contributed by atoms with Gasteiger partial charge in [0.2, 0.25) is 0 Å². The van der Waals surface area contributed by atoms with Gasteiger partial charge < -0.3 is 10.4 Å². The lowest BCUT2D eigenvalue weighted by Crippen LogP contribution is -2.15. The molecule has 0 aliphatic heterocycles. The zero-order valence-corrected chi connectivity index (χ0v) is 9.48. The molecule has 1 unspecified atom stereocenters. The van der Waals surface area contributed by atoms with Crippen molar-refractivity contribution in [3.63, 3.8) is 0 Å². The van der Waals surface area contributed by atoms with Gasteiger partial charge in [0.1, 0.15) is 23.6 Å². The molecule has 1 atom stereocenters. The maximum atomic E-state index is 13.4. The first-order valence-electron chi connectivity index (χ1n) is 5.45. The Morgan fingerprint density at radius 1 is 1.11 bits per heavy atom. The molecular formula is C13H12F2N2O. The molecule has 0 radical (unpaired) electrons. The van der Waals surface area contributed by atoms with Gasteiger partial charge in [0.15, 0.2) is 0 Å². The van der Waals surface area contributed by atoms with E-state index in [2.05, 4.69) is 10.3 Å². The number of aromatic nitrogens is 1. The Bertz CT molecular complexity index is 499. The molecule has 0 saturated heterocycles. The molecule has 94 valence electrons. The number of aliphatic hydroxyl groups is 1. The standard InChI is InChI=1S/C13H12F2N2O/c14-9-4-3-5-10(15)13(9)11(18)8-17-12-6-1-2-7-16-12/h1-7,11,18H,8H2,(H,16,17). The van der Waals surface area contributed by atoms with E-state index in [1.807, 2.05) is 0 Å². The number of aliphatic hydroxyl groups excluding tert-OH is 1. The predicted molar refractivity (Wildman–Crippen MR) is 64.0 cm³/mol. The Labute approximate surface area is 103 Å². The molecule has 0 amide bonds. The number of pyridine rings is 1. The second-order valence-corrected chi connectivity index (χ2v) is 3.75. The molecule has 1 heterocycles. The van der Waals surface area contributed by atoms with Crippen LogP contribution in [0, 0.1) is 11.6 Å². The highest BCUT2D eigenvalue weighted by molar-refractivity contribution is 5.34.